The number of nitrogens with one attached hydrogen (secondary N) is 1. The fourth-order valence-corrected chi connectivity index (χ4v) is 3.90. The van der Waals surface area contributed by atoms with Gasteiger partial charge in [0.25, 0.3) is 0 Å². The quantitative estimate of drug-likeness (QED) is 0.649. The van der Waals surface area contributed by atoms with E-state index >= 15 is 0 Å². The topological polar surface area (TPSA) is 94.2 Å². The van der Waals surface area contributed by atoms with Gasteiger partial charge in [-0.2, -0.15) is 0 Å². The van der Waals surface area contributed by atoms with E-state index in [9.17, 15) is 13.2 Å². The average molecular weight is 437 g/mol. The van der Waals surface area contributed by atoms with Gasteiger partial charge >= 0.3 is 0 Å². The van der Waals surface area contributed by atoms with Crippen LogP contribution in [-0.4, -0.2) is 48.5 Å². The molecule has 0 aliphatic rings. The molecule has 0 saturated heterocycles. The zero-order chi connectivity index (χ0) is 22.5. The number of carbonyl (C=O) groups excluding carboxylic acids is 1. The molecule has 0 aliphatic carbocycles. The molecule has 1 N–H and O–H groups in total. The first-order chi connectivity index (χ1) is 14.1. The van der Waals surface area contributed by atoms with Crippen LogP contribution in [0.5, 0.6) is 17.2 Å². The van der Waals surface area contributed by atoms with Crippen molar-refractivity contribution in [3.05, 3.63) is 47.0 Å². The molecule has 2 rings (SSSR count). The molecule has 8 nitrogen and oxygen atoms in total. The van der Waals surface area contributed by atoms with Crippen molar-refractivity contribution < 1.29 is 27.4 Å². The first-order valence-corrected chi connectivity index (χ1v) is 11.1. The Morgan fingerprint density at radius 3 is 2.10 bits per heavy atom. The second-order valence-electron chi connectivity index (χ2n) is 6.87. The third-order valence-corrected chi connectivity index (χ3v) is 5.66. The van der Waals surface area contributed by atoms with E-state index < -0.39 is 15.9 Å². The highest BCUT2D eigenvalue weighted by atomic mass is 32.2. The number of benzene rings is 2. The minimum absolute atomic E-state index is 0.167. The Morgan fingerprint density at radius 1 is 1.00 bits per heavy atom. The number of anilines is 1. The zero-order valence-electron chi connectivity index (χ0n) is 18.1. The summed E-state index contributed by atoms with van der Waals surface area (Å²) in [6, 6.07) is 8.92. The number of hydrogen-bond donors (Lipinski definition) is 1. The number of hydrogen-bond acceptors (Lipinski definition) is 6. The molecular weight excluding hydrogens is 408 g/mol. The van der Waals surface area contributed by atoms with Gasteiger partial charge in [-0.05, 0) is 48.7 Å². The van der Waals surface area contributed by atoms with E-state index in [1.165, 1.54) is 21.3 Å². The molecule has 0 fully saturated rings. The number of nitrogens with zero attached hydrogens (tertiary/aromatic N) is 1. The van der Waals surface area contributed by atoms with Gasteiger partial charge in [-0.15, -0.1) is 0 Å². The lowest BCUT2D eigenvalue weighted by molar-refractivity contribution is -0.119. The maximum Gasteiger partial charge on any atom is 0.241 e. The van der Waals surface area contributed by atoms with Gasteiger partial charge in [0.1, 0.15) is 6.54 Å². The van der Waals surface area contributed by atoms with Crippen molar-refractivity contribution in [3.8, 4) is 17.2 Å². The van der Waals surface area contributed by atoms with Crippen molar-refractivity contribution >= 4 is 21.6 Å². The Bertz CT molecular complexity index is 995. The van der Waals surface area contributed by atoms with Crippen LogP contribution in [0, 0.1) is 13.8 Å². The molecule has 0 bridgehead atoms. The van der Waals surface area contributed by atoms with Gasteiger partial charge in [0.15, 0.2) is 11.5 Å². The van der Waals surface area contributed by atoms with Gasteiger partial charge in [0.05, 0.1) is 33.3 Å². The lowest BCUT2D eigenvalue weighted by Gasteiger charge is -2.24. The summed E-state index contributed by atoms with van der Waals surface area (Å²) in [5, 5.41) is 2.75. The maximum atomic E-state index is 12.6. The highest BCUT2D eigenvalue weighted by molar-refractivity contribution is 7.92. The molecule has 1 amide bonds. The van der Waals surface area contributed by atoms with Crippen molar-refractivity contribution in [2.75, 3.05) is 38.4 Å². The van der Waals surface area contributed by atoms with Crippen LogP contribution in [0.3, 0.4) is 0 Å². The van der Waals surface area contributed by atoms with Crippen LogP contribution in [0.4, 0.5) is 5.69 Å². The molecule has 30 heavy (non-hydrogen) atoms. The normalized spacial score (nSPS) is 11.0. The van der Waals surface area contributed by atoms with Gasteiger partial charge in [0.2, 0.25) is 21.7 Å². The number of methoxy groups -OCH3 is 3. The van der Waals surface area contributed by atoms with E-state index in [0.29, 0.717) is 22.9 Å². The predicted octanol–water partition coefficient (Wildman–Crippen LogP) is 2.41. The van der Waals surface area contributed by atoms with Crippen molar-refractivity contribution in [1.82, 2.24) is 5.32 Å². The molecule has 0 spiro atoms. The van der Waals surface area contributed by atoms with Gasteiger partial charge in [-0.3, -0.25) is 9.10 Å². The third-order valence-electron chi connectivity index (χ3n) is 4.54. The van der Waals surface area contributed by atoms with Crippen LogP contribution in [-0.2, 0) is 21.4 Å². The maximum absolute atomic E-state index is 12.6. The number of aryl methyl sites for hydroxylation is 2. The minimum atomic E-state index is -3.65. The molecular formula is C21H28N2O6S. The molecule has 2 aromatic carbocycles. The molecule has 0 atom stereocenters. The van der Waals surface area contributed by atoms with Crippen LogP contribution in [0.1, 0.15) is 16.7 Å². The standard InChI is InChI=1S/C21H28N2O6S/c1-14-7-8-15(2)17(9-14)23(30(6,25)26)13-20(24)22-12-16-10-18(27-3)21(29-5)19(11-16)28-4/h7-11H,12-13H2,1-6H3,(H,22,24). The number of sulfonamides is 1. The van der Waals surface area contributed by atoms with Crippen LogP contribution >= 0.6 is 0 Å². The highest BCUT2D eigenvalue weighted by Crippen LogP contribution is 2.38. The Labute approximate surface area is 177 Å². The third kappa shape index (κ3) is 5.56. The van der Waals surface area contributed by atoms with Crippen LogP contribution < -0.4 is 23.8 Å². The van der Waals surface area contributed by atoms with Crippen molar-refractivity contribution in [2.24, 2.45) is 0 Å². The van der Waals surface area contributed by atoms with Crippen LogP contribution in [0.15, 0.2) is 30.3 Å². The summed E-state index contributed by atoms with van der Waals surface area (Å²) in [4.78, 5) is 12.6. The predicted molar refractivity (Wildman–Crippen MR) is 116 cm³/mol. The van der Waals surface area contributed by atoms with Gasteiger partial charge in [-0.25, -0.2) is 8.42 Å². The summed E-state index contributed by atoms with van der Waals surface area (Å²) in [5.41, 5.74) is 2.88. The van der Waals surface area contributed by atoms with E-state index in [0.717, 1.165) is 27.3 Å². The molecule has 9 heteroatoms. The summed E-state index contributed by atoms with van der Waals surface area (Å²) in [7, 11) is 0.875. The molecule has 0 heterocycles. The second-order valence-corrected chi connectivity index (χ2v) is 8.78. The molecule has 0 aliphatic heterocycles. The van der Waals surface area contributed by atoms with E-state index in [-0.39, 0.29) is 13.1 Å². The van der Waals surface area contributed by atoms with Gasteiger partial charge < -0.3 is 19.5 Å². The Balaban J connectivity index is 2.20. The van der Waals surface area contributed by atoms with Crippen molar-refractivity contribution in [2.45, 2.75) is 20.4 Å². The summed E-state index contributed by atoms with van der Waals surface area (Å²) in [5.74, 6) is 0.951. The Hall–Kier alpha value is -2.94. The summed E-state index contributed by atoms with van der Waals surface area (Å²) in [6.45, 7) is 3.52. The van der Waals surface area contributed by atoms with Gasteiger partial charge in [-0.1, -0.05) is 12.1 Å². The van der Waals surface area contributed by atoms with E-state index in [1.807, 2.05) is 19.1 Å². The molecule has 2 aromatic rings. The number of ether oxygens (including phenoxy) is 3. The SMILES string of the molecule is COc1cc(CNC(=O)CN(c2cc(C)ccc2C)S(C)(=O)=O)cc(OC)c1OC. The lowest BCUT2D eigenvalue weighted by Crippen LogP contribution is -2.40. The van der Waals surface area contributed by atoms with Crippen LogP contribution in [0.2, 0.25) is 0 Å². The van der Waals surface area contributed by atoms with Crippen molar-refractivity contribution in [1.29, 1.82) is 0 Å². The molecule has 164 valence electrons. The number of carbonyl (C=O) groups is 1. The number of amides is 1. The second kappa shape index (κ2) is 9.71. The number of rotatable bonds is 9. The lowest BCUT2D eigenvalue weighted by atomic mass is 10.1. The van der Waals surface area contributed by atoms with Crippen molar-refractivity contribution in [3.63, 3.8) is 0 Å². The molecule has 0 radical (unpaired) electrons. The first kappa shape index (κ1) is 23.3. The first-order valence-electron chi connectivity index (χ1n) is 9.21. The highest BCUT2D eigenvalue weighted by Gasteiger charge is 2.22. The zero-order valence-corrected chi connectivity index (χ0v) is 18.9. The Kier molecular flexibility index (Phi) is 7.55. The smallest absolute Gasteiger partial charge is 0.241 e. The average Bonchev–Trinajstić information content (AvgIpc) is 2.70. The van der Waals surface area contributed by atoms with E-state index in [4.69, 9.17) is 14.2 Å². The molecule has 0 saturated carbocycles. The summed E-state index contributed by atoms with van der Waals surface area (Å²) >= 11 is 0. The summed E-state index contributed by atoms with van der Waals surface area (Å²) in [6.07, 6.45) is 1.08. The molecule has 0 aromatic heterocycles. The largest absolute Gasteiger partial charge is 0.493 e. The molecule has 0 unspecified atom stereocenters. The fraction of sp³-hybridized carbons (Fsp3) is 0.381. The van der Waals surface area contributed by atoms with Gasteiger partial charge in [0, 0.05) is 6.54 Å². The van der Waals surface area contributed by atoms with E-state index in [2.05, 4.69) is 5.32 Å². The fourth-order valence-electron chi connectivity index (χ4n) is 2.99. The van der Waals surface area contributed by atoms with E-state index in [1.54, 1.807) is 25.1 Å². The summed E-state index contributed by atoms with van der Waals surface area (Å²) < 4.78 is 41.7. The minimum Gasteiger partial charge on any atom is -0.493 e. The Morgan fingerprint density at radius 2 is 1.60 bits per heavy atom. The van der Waals surface area contributed by atoms with Crippen LogP contribution in [0.25, 0.3) is 0 Å². The monoisotopic (exact) mass is 436 g/mol.